The fourth-order valence-electron chi connectivity index (χ4n) is 4.46. The minimum Gasteiger partial charge on any atom is -0.496 e. The lowest BCUT2D eigenvalue weighted by Gasteiger charge is -2.25. The van der Waals surface area contributed by atoms with Crippen LogP contribution in [-0.2, 0) is 27.5 Å². The van der Waals surface area contributed by atoms with Crippen LogP contribution >= 0.6 is 11.8 Å². The number of hydrogen-bond donors (Lipinski definition) is 2. The first-order valence-electron chi connectivity index (χ1n) is 13.0. The number of benzene rings is 3. The lowest BCUT2D eigenvalue weighted by molar-refractivity contribution is -0.125. The number of carbonyl (C=O) groups is 3. The van der Waals surface area contributed by atoms with Crippen molar-refractivity contribution >= 4 is 46.2 Å². The average Bonchev–Trinajstić information content (AvgIpc) is 3.33. The predicted molar refractivity (Wildman–Crippen MR) is 156 cm³/mol. The smallest absolute Gasteiger partial charge is 0.259 e. The van der Waals surface area contributed by atoms with Gasteiger partial charge in [0.15, 0.2) is 5.17 Å². The van der Waals surface area contributed by atoms with Crippen molar-refractivity contribution in [2.75, 3.05) is 12.9 Å². The van der Waals surface area contributed by atoms with Gasteiger partial charge >= 0.3 is 0 Å². The molecule has 0 saturated heterocycles. The van der Waals surface area contributed by atoms with Crippen LogP contribution < -0.4 is 15.4 Å². The number of ether oxygens (including phenoxy) is 1. The molecule has 5 rings (SSSR count). The van der Waals surface area contributed by atoms with Gasteiger partial charge in [-0.1, -0.05) is 72.4 Å². The second-order valence-electron chi connectivity index (χ2n) is 9.23. The zero-order chi connectivity index (χ0) is 27.9. The fraction of sp³-hybridized carbons (Fsp3) is 0.233. The molecule has 0 fully saturated rings. The van der Waals surface area contributed by atoms with Gasteiger partial charge in [0, 0.05) is 30.6 Å². The van der Waals surface area contributed by atoms with E-state index in [2.05, 4.69) is 15.6 Å². The molecule has 2 heterocycles. The standard InChI is InChI=1S/C30H29N5O4S/c1-39-25-14-8-5-11-21(25)18-32-26(36)16-15-24-29(38)35-28(33-24)22-12-6-7-13-23(22)34-30(35)40-19-27(37)31-17-20-9-3-2-4-10-20/h2-14,24H,15-19H2,1H3,(H,31,37)(H,32,36)/t24-/m0/s1. The number of thioether (sulfide) groups is 1. The summed E-state index contributed by atoms with van der Waals surface area (Å²) >= 11 is 1.19. The molecule has 40 heavy (non-hydrogen) atoms. The third kappa shape index (κ3) is 6.23. The summed E-state index contributed by atoms with van der Waals surface area (Å²) in [5.74, 6) is 0.710. The van der Waals surface area contributed by atoms with Crippen LogP contribution in [0.1, 0.15) is 29.5 Å². The van der Waals surface area contributed by atoms with E-state index in [1.54, 1.807) is 7.11 Å². The fourth-order valence-corrected chi connectivity index (χ4v) is 5.29. The Morgan fingerprint density at radius 3 is 2.48 bits per heavy atom. The Bertz CT molecular complexity index is 1470. The number of hydrogen-bond acceptors (Lipinski definition) is 7. The molecule has 0 unspecified atom stereocenters. The molecule has 0 bridgehead atoms. The lowest BCUT2D eigenvalue weighted by Crippen LogP contribution is -2.41. The molecule has 0 radical (unpaired) electrons. The molecule has 3 amide bonds. The highest BCUT2D eigenvalue weighted by Gasteiger charge is 2.41. The second kappa shape index (κ2) is 12.6. The van der Waals surface area contributed by atoms with E-state index in [0.717, 1.165) is 16.7 Å². The van der Waals surface area contributed by atoms with E-state index < -0.39 is 6.04 Å². The minimum absolute atomic E-state index is 0.0981. The molecule has 9 nitrogen and oxygen atoms in total. The van der Waals surface area contributed by atoms with Gasteiger partial charge in [-0.25, -0.2) is 9.89 Å². The van der Waals surface area contributed by atoms with Crippen molar-refractivity contribution in [3.63, 3.8) is 0 Å². The van der Waals surface area contributed by atoms with Crippen molar-refractivity contribution in [2.45, 2.75) is 32.0 Å². The Hall–Kier alpha value is -4.44. The first-order valence-corrected chi connectivity index (χ1v) is 13.9. The van der Waals surface area contributed by atoms with Gasteiger partial charge in [-0.05, 0) is 30.2 Å². The van der Waals surface area contributed by atoms with Crippen LogP contribution in [0.15, 0.2) is 88.8 Å². The molecule has 10 heteroatoms. The van der Waals surface area contributed by atoms with E-state index in [1.165, 1.54) is 16.7 Å². The van der Waals surface area contributed by atoms with E-state index in [1.807, 2.05) is 78.9 Å². The zero-order valence-corrected chi connectivity index (χ0v) is 22.8. The summed E-state index contributed by atoms with van der Waals surface area (Å²) in [4.78, 5) is 49.5. The summed E-state index contributed by atoms with van der Waals surface area (Å²) < 4.78 is 5.34. The Kier molecular flexibility index (Phi) is 8.56. The monoisotopic (exact) mass is 555 g/mol. The Labute approximate surface area is 236 Å². The molecule has 2 N–H and O–H groups in total. The Morgan fingerprint density at radius 1 is 0.925 bits per heavy atom. The Balaban J connectivity index is 1.21. The number of nitrogens with zero attached hydrogens (tertiary/aromatic N) is 3. The number of carbonyl (C=O) groups excluding carboxylic acids is 3. The van der Waals surface area contributed by atoms with Crippen molar-refractivity contribution in [3.05, 3.63) is 95.6 Å². The highest BCUT2D eigenvalue weighted by atomic mass is 32.2. The number of para-hydroxylation sites is 2. The number of aliphatic imine (C=N–C) groups is 2. The highest BCUT2D eigenvalue weighted by Crippen LogP contribution is 2.34. The van der Waals surface area contributed by atoms with Gasteiger partial charge < -0.3 is 15.4 Å². The molecule has 0 spiro atoms. The van der Waals surface area contributed by atoms with Gasteiger partial charge in [-0.3, -0.25) is 19.4 Å². The summed E-state index contributed by atoms with van der Waals surface area (Å²) in [5, 5.41) is 6.19. The van der Waals surface area contributed by atoms with Gasteiger partial charge in [-0.2, -0.15) is 0 Å². The largest absolute Gasteiger partial charge is 0.496 e. The molecule has 3 aromatic carbocycles. The first-order chi connectivity index (χ1) is 19.5. The van der Waals surface area contributed by atoms with E-state index in [9.17, 15) is 14.4 Å². The van der Waals surface area contributed by atoms with E-state index in [4.69, 9.17) is 9.73 Å². The quantitative estimate of drug-likeness (QED) is 0.395. The summed E-state index contributed by atoms with van der Waals surface area (Å²) in [7, 11) is 1.59. The van der Waals surface area contributed by atoms with Gasteiger partial charge in [0.2, 0.25) is 11.8 Å². The van der Waals surface area contributed by atoms with Gasteiger partial charge in [0.05, 0.1) is 18.6 Å². The molecular weight excluding hydrogens is 526 g/mol. The van der Waals surface area contributed by atoms with E-state index >= 15 is 0 Å². The summed E-state index contributed by atoms with van der Waals surface area (Å²) in [6.45, 7) is 0.751. The summed E-state index contributed by atoms with van der Waals surface area (Å²) in [6, 6.07) is 23.9. The van der Waals surface area contributed by atoms with Gasteiger partial charge in [0.25, 0.3) is 5.91 Å². The van der Waals surface area contributed by atoms with Crippen LogP contribution in [0.2, 0.25) is 0 Å². The first kappa shape index (κ1) is 27.1. The minimum atomic E-state index is -0.712. The van der Waals surface area contributed by atoms with Crippen LogP contribution in [0.3, 0.4) is 0 Å². The molecule has 3 aromatic rings. The second-order valence-corrected chi connectivity index (χ2v) is 10.2. The van der Waals surface area contributed by atoms with Gasteiger partial charge in [0.1, 0.15) is 17.6 Å². The maximum atomic E-state index is 13.5. The Morgan fingerprint density at radius 2 is 1.65 bits per heavy atom. The third-order valence-corrected chi connectivity index (χ3v) is 7.46. The predicted octanol–water partition coefficient (Wildman–Crippen LogP) is 3.80. The molecule has 2 aliphatic rings. The van der Waals surface area contributed by atoms with Crippen LogP contribution in [0.5, 0.6) is 5.75 Å². The molecule has 204 valence electrons. The molecule has 1 atom stereocenters. The lowest BCUT2D eigenvalue weighted by atomic mass is 10.1. The summed E-state index contributed by atoms with van der Waals surface area (Å²) in [5.41, 5.74) is 3.31. The van der Waals surface area contributed by atoms with Crippen molar-refractivity contribution in [2.24, 2.45) is 9.98 Å². The normalized spacial score (nSPS) is 15.5. The van der Waals surface area contributed by atoms with Gasteiger partial charge in [-0.15, -0.1) is 0 Å². The molecule has 0 saturated carbocycles. The number of amidine groups is 2. The molecule has 0 aliphatic carbocycles. The van der Waals surface area contributed by atoms with Crippen LogP contribution in [0.25, 0.3) is 0 Å². The number of nitrogens with one attached hydrogen (secondary N) is 2. The zero-order valence-electron chi connectivity index (χ0n) is 22.0. The van der Waals surface area contributed by atoms with Crippen LogP contribution in [0, 0.1) is 0 Å². The maximum Gasteiger partial charge on any atom is 0.259 e. The van der Waals surface area contributed by atoms with E-state index in [-0.39, 0.29) is 36.3 Å². The highest BCUT2D eigenvalue weighted by molar-refractivity contribution is 8.14. The topological polar surface area (TPSA) is 112 Å². The van der Waals surface area contributed by atoms with Crippen LogP contribution in [-0.4, -0.2) is 52.5 Å². The third-order valence-electron chi connectivity index (χ3n) is 6.53. The number of amides is 3. The van der Waals surface area contributed by atoms with Crippen molar-refractivity contribution in [3.8, 4) is 5.75 Å². The number of methoxy groups -OCH3 is 1. The number of rotatable bonds is 10. The summed E-state index contributed by atoms with van der Waals surface area (Å²) in [6.07, 6.45) is 0.396. The molecule has 2 aliphatic heterocycles. The van der Waals surface area contributed by atoms with Crippen molar-refractivity contribution < 1.29 is 19.1 Å². The maximum absolute atomic E-state index is 13.5. The van der Waals surface area contributed by atoms with Crippen LogP contribution in [0.4, 0.5) is 5.69 Å². The number of fused-ring (bicyclic) bond motifs is 3. The SMILES string of the molecule is COc1ccccc1CNC(=O)CC[C@@H]1N=C2c3ccccc3N=C(SCC(=O)NCc3ccccc3)N2C1=O. The van der Waals surface area contributed by atoms with Crippen molar-refractivity contribution in [1.82, 2.24) is 15.5 Å². The molecule has 0 aromatic heterocycles. The van der Waals surface area contributed by atoms with E-state index in [0.29, 0.717) is 35.5 Å². The average molecular weight is 556 g/mol. The molecular formula is C30H29N5O4S. The van der Waals surface area contributed by atoms with Crippen molar-refractivity contribution in [1.29, 1.82) is 0 Å².